The molecule has 0 saturated carbocycles. The molecule has 0 heterocycles. The first-order chi connectivity index (χ1) is 8.22. The Morgan fingerprint density at radius 1 is 1.33 bits per heavy atom. The van der Waals surface area contributed by atoms with E-state index < -0.39 is 12.7 Å². The fourth-order valence-corrected chi connectivity index (χ4v) is 1.84. The summed E-state index contributed by atoms with van der Waals surface area (Å²) in [6.45, 7) is 2.37. The van der Waals surface area contributed by atoms with Crippen LogP contribution in [0.25, 0.3) is 0 Å². The van der Waals surface area contributed by atoms with Crippen LogP contribution in [0.1, 0.15) is 19.4 Å². The second-order valence-electron chi connectivity index (χ2n) is 4.22. The molecule has 1 aromatic carbocycles. The number of anilines is 1. The van der Waals surface area contributed by atoms with Crippen molar-refractivity contribution >= 4 is 22.9 Å². The topological polar surface area (TPSA) is 29.3 Å². The number of halogens is 3. The van der Waals surface area contributed by atoms with Crippen molar-refractivity contribution in [2.75, 3.05) is 11.4 Å². The lowest BCUT2D eigenvalue weighted by Crippen LogP contribution is -2.40. The number of hydrogen-bond donors (Lipinski definition) is 1. The zero-order valence-corrected chi connectivity index (χ0v) is 11.0. The number of thiocarbonyl (C=S) groups is 1. The summed E-state index contributed by atoms with van der Waals surface area (Å²) in [5.41, 5.74) is 6.42. The summed E-state index contributed by atoms with van der Waals surface area (Å²) in [5, 5.41) is 0. The van der Waals surface area contributed by atoms with E-state index in [9.17, 15) is 13.2 Å². The van der Waals surface area contributed by atoms with Crippen LogP contribution in [0.5, 0.6) is 0 Å². The van der Waals surface area contributed by atoms with Crippen LogP contribution in [0, 0.1) is 0 Å². The van der Waals surface area contributed by atoms with Gasteiger partial charge in [-0.2, -0.15) is 13.2 Å². The molecule has 0 aromatic heterocycles. The molecule has 18 heavy (non-hydrogen) atoms. The zero-order chi connectivity index (χ0) is 13.9. The molecule has 100 valence electrons. The highest BCUT2D eigenvalue weighted by molar-refractivity contribution is 7.80. The normalized spacial score (nSPS) is 11.7. The van der Waals surface area contributed by atoms with Crippen molar-refractivity contribution in [3.05, 3.63) is 29.8 Å². The van der Waals surface area contributed by atoms with E-state index in [1.54, 1.807) is 38.1 Å². The summed E-state index contributed by atoms with van der Waals surface area (Å²) in [7, 11) is 0. The van der Waals surface area contributed by atoms with E-state index in [1.165, 1.54) is 4.90 Å². The average Bonchev–Trinajstić information content (AvgIpc) is 2.24. The lowest BCUT2D eigenvalue weighted by atomic mass is 10.1. The summed E-state index contributed by atoms with van der Waals surface area (Å²) in [6.07, 6.45) is -4.27. The second-order valence-corrected chi connectivity index (χ2v) is 4.66. The lowest BCUT2D eigenvalue weighted by molar-refractivity contribution is -0.120. The van der Waals surface area contributed by atoms with Crippen molar-refractivity contribution in [3.63, 3.8) is 0 Å². The van der Waals surface area contributed by atoms with Gasteiger partial charge < -0.3 is 10.6 Å². The average molecular weight is 276 g/mol. The third kappa shape index (κ3) is 3.87. The monoisotopic (exact) mass is 276 g/mol. The maximum absolute atomic E-state index is 12.6. The van der Waals surface area contributed by atoms with Gasteiger partial charge in [-0.15, -0.1) is 0 Å². The SMILES string of the molecule is CC(C)N(CC(F)(F)F)c1ccccc1C(N)=S. The number of benzene rings is 1. The lowest BCUT2D eigenvalue weighted by Gasteiger charge is -2.31. The van der Waals surface area contributed by atoms with Crippen LogP contribution in [-0.4, -0.2) is 23.8 Å². The maximum atomic E-state index is 12.6. The highest BCUT2D eigenvalue weighted by Crippen LogP contribution is 2.27. The molecule has 0 aliphatic heterocycles. The second kappa shape index (κ2) is 5.56. The predicted octanol–water partition coefficient (Wildman–Crippen LogP) is 3.10. The Morgan fingerprint density at radius 2 is 1.89 bits per heavy atom. The Bertz CT molecular complexity index is 430. The first-order valence-corrected chi connectivity index (χ1v) is 5.85. The van der Waals surface area contributed by atoms with Crippen LogP contribution in [-0.2, 0) is 0 Å². The first kappa shape index (κ1) is 14.8. The van der Waals surface area contributed by atoms with Crippen molar-refractivity contribution in [1.29, 1.82) is 0 Å². The molecule has 0 amide bonds. The van der Waals surface area contributed by atoms with Gasteiger partial charge in [0.25, 0.3) is 0 Å². The van der Waals surface area contributed by atoms with Crippen LogP contribution in [0.4, 0.5) is 18.9 Å². The fourth-order valence-electron chi connectivity index (χ4n) is 1.67. The van der Waals surface area contributed by atoms with Gasteiger partial charge in [-0.3, -0.25) is 0 Å². The Morgan fingerprint density at radius 3 is 2.33 bits per heavy atom. The first-order valence-electron chi connectivity index (χ1n) is 5.44. The van der Waals surface area contributed by atoms with Crippen molar-refractivity contribution in [2.24, 2.45) is 5.73 Å². The largest absolute Gasteiger partial charge is 0.405 e. The third-order valence-corrected chi connectivity index (χ3v) is 2.67. The third-order valence-electron chi connectivity index (χ3n) is 2.45. The van der Waals surface area contributed by atoms with Crippen LogP contribution < -0.4 is 10.6 Å². The van der Waals surface area contributed by atoms with Gasteiger partial charge >= 0.3 is 6.18 Å². The standard InChI is InChI=1S/C12H15F3N2S/c1-8(2)17(7-12(13,14)15)10-6-4-3-5-9(10)11(16)18/h3-6,8H,7H2,1-2H3,(H2,16,18). The zero-order valence-electron chi connectivity index (χ0n) is 10.2. The molecular weight excluding hydrogens is 261 g/mol. The van der Waals surface area contributed by atoms with Gasteiger partial charge in [0.15, 0.2) is 0 Å². The predicted molar refractivity (Wildman–Crippen MR) is 70.9 cm³/mol. The van der Waals surface area contributed by atoms with Crippen LogP contribution in [0.2, 0.25) is 0 Å². The molecule has 0 aliphatic carbocycles. The minimum absolute atomic E-state index is 0.0958. The minimum Gasteiger partial charge on any atom is -0.389 e. The smallest absolute Gasteiger partial charge is 0.389 e. The van der Waals surface area contributed by atoms with E-state index in [-0.39, 0.29) is 11.0 Å². The Balaban J connectivity index is 3.18. The summed E-state index contributed by atoms with van der Waals surface area (Å²) >= 11 is 4.87. The van der Waals surface area contributed by atoms with Crippen molar-refractivity contribution < 1.29 is 13.2 Å². The van der Waals surface area contributed by atoms with Crippen LogP contribution in [0.3, 0.4) is 0 Å². The number of para-hydroxylation sites is 1. The van der Waals surface area contributed by atoms with E-state index in [0.29, 0.717) is 11.3 Å². The molecule has 0 saturated heterocycles. The van der Waals surface area contributed by atoms with E-state index in [1.807, 2.05) is 0 Å². The maximum Gasteiger partial charge on any atom is 0.405 e. The molecule has 1 rings (SSSR count). The van der Waals surface area contributed by atoms with Gasteiger partial charge in [0.2, 0.25) is 0 Å². The van der Waals surface area contributed by atoms with Crippen molar-refractivity contribution in [2.45, 2.75) is 26.1 Å². The minimum atomic E-state index is -4.27. The Labute approximate surface area is 110 Å². The molecule has 0 fully saturated rings. The van der Waals surface area contributed by atoms with Crippen molar-refractivity contribution in [3.8, 4) is 0 Å². The molecule has 0 atom stereocenters. The van der Waals surface area contributed by atoms with Crippen LogP contribution >= 0.6 is 12.2 Å². The van der Waals surface area contributed by atoms with Gasteiger partial charge in [-0.05, 0) is 26.0 Å². The molecular formula is C12H15F3N2S. The van der Waals surface area contributed by atoms with E-state index in [4.69, 9.17) is 18.0 Å². The molecule has 1 aromatic rings. The van der Waals surface area contributed by atoms with Crippen LogP contribution in [0.15, 0.2) is 24.3 Å². The number of rotatable bonds is 4. The number of nitrogens with two attached hydrogens (primary N) is 1. The van der Waals surface area contributed by atoms with Gasteiger partial charge in [-0.25, -0.2) is 0 Å². The highest BCUT2D eigenvalue weighted by Gasteiger charge is 2.32. The molecule has 0 spiro atoms. The van der Waals surface area contributed by atoms with E-state index in [0.717, 1.165) is 0 Å². The number of alkyl halides is 3. The summed E-state index contributed by atoms with van der Waals surface area (Å²) in [6, 6.07) is 6.29. The highest BCUT2D eigenvalue weighted by atomic mass is 32.1. The Kier molecular flexibility index (Phi) is 4.56. The molecule has 0 unspecified atom stereocenters. The van der Waals surface area contributed by atoms with Gasteiger partial charge in [-0.1, -0.05) is 24.4 Å². The summed E-state index contributed by atoms with van der Waals surface area (Å²) in [5.74, 6) is 0. The van der Waals surface area contributed by atoms with Gasteiger partial charge in [0.05, 0.1) is 0 Å². The molecule has 0 radical (unpaired) electrons. The number of nitrogens with zero attached hydrogens (tertiary/aromatic N) is 1. The molecule has 0 bridgehead atoms. The van der Waals surface area contributed by atoms with Gasteiger partial charge in [0.1, 0.15) is 11.5 Å². The Hall–Kier alpha value is -1.30. The van der Waals surface area contributed by atoms with Gasteiger partial charge in [0, 0.05) is 17.3 Å². The van der Waals surface area contributed by atoms with Crippen molar-refractivity contribution in [1.82, 2.24) is 0 Å². The fraction of sp³-hybridized carbons (Fsp3) is 0.417. The molecule has 2 N–H and O–H groups in total. The van der Waals surface area contributed by atoms with E-state index >= 15 is 0 Å². The van der Waals surface area contributed by atoms with E-state index in [2.05, 4.69) is 0 Å². The molecule has 0 aliphatic rings. The summed E-state index contributed by atoms with van der Waals surface area (Å²) < 4.78 is 37.7. The molecule has 2 nitrogen and oxygen atoms in total. The number of hydrogen-bond acceptors (Lipinski definition) is 2. The summed E-state index contributed by atoms with van der Waals surface area (Å²) in [4.78, 5) is 1.34. The quantitative estimate of drug-likeness (QED) is 0.857. The molecule has 6 heteroatoms.